The van der Waals surface area contributed by atoms with Crippen LogP contribution in [0, 0.1) is 11.8 Å². The van der Waals surface area contributed by atoms with Gasteiger partial charge in [-0.15, -0.1) is 0 Å². The van der Waals surface area contributed by atoms with E-state index in [1.807, 2.05) is 91.0 Å². The van der Waals surface area contributed by atoms with Crippen LogP contribution in [0.4, 0.5) is 9.59 Å². The number of nitrogens with zero attached hydrogens (tertiary/aromatic N) is 1. The van der Waals surface area contributed by atoms with E-state index in [0.29, 0.717) is 0 Å². The lowest BCUT2D eigenvalue weighted by molar-refractivity contribution is -0.126. The molecule has 0 aliphatic rings. The van der Waals surface area contributed by atoms with Gasteiger partial charge in [0, 0.05) is 12.4 Å². The van der Waals surface area contributed by atoms with Gasteiger partial charge in [0.2, 0.25) is 11.8 Å². The minimum atomic E-state index is -1.32. The number of aliphatic hydroxyl groups excluding tert-OH is 1. The van der Waals surface area contributed by atoms with Crippen molar-refractivity contribution >= 4 is 24.0 Å². The van der Waals surface area contributed by atoms with Crippen LogP contribution in [0.25, 0.3) is 0 Å². The molecule has 0 unspecified atom stereocenters. The van der Waals surface area contributed by atoms with E-state index in [2.05, 4.69) is 26.3 Å². The molecule has 0 fully saturated rings. The zero-order chi connectivity index (χ0) is 38.9. The average molecular weight is 738 g/mol. The third-order valence-electron chi connectivity index (χ3n) is 8.85. The molecule has 4 rings (SSSR count). The van der Waals surface area contributed by atoms with Gasteiger partial charge in [0.1, 0.15) is 25.3 Å². The van der Waals surface area contributed by atoms with Crippen LogP contribution in [0.2, 0.25) is 0 Å². The second kappa shape index (κ2) is 21.1. The number of nitrogens with one attached hydrogen (secondary N) is 4. The van der Waals surface area contributed by atoms with Crippen molar-refractivity contribution in [2.45, 2.75) is 84.0 Å². The van der Waals surface area contributed by atoms with Gasteiger partial charge in [0.25, 0.3) is 0 Å². The number of carbonyl (C=O) groups is 4. The molecule has 1 aromatic heterocycles. The van der Waals surface area contributed by atoms with Crippen molar-refractivity contribution in [2.24, 2.45) is 11.8 Å². The van der Waals surface area contributed by atoms with E-state index in [1.54, 1.807) is 52.2 Å². The maximum absolute atomic E-state index is 13.9. The van der Waals surface area contributed by atoms with Gasteiger partial charge in [0.05, 0.1) is 18.2 Å². The van der Waals surface area contributed by atoms with E-state index < -0.39 is 54.3 Å². The van der Waals surface area contributed by atoms with Crippen LogP contribution in [0.5, 0.6) is 0 Å². The highest BCUT2D eigenvalue weighted by atomic mass is 16.6. The van der Waals surface area contributed by atoms with E-state index in [1.165, 1.54) is 0 Å². The van der Waals surface area contributed by atoms with Crippen LogP contribution < -0.4 is 21.3 Å². The number of aliphatic hydroxyl groups is 1. The zero-order valence-corrected chi connectivity index (χ0v) is 31.2. The maximum atomic E-state index is 13.9. The lowest BCUT2D eigenvalue weighted by Gasteiger charge is -2.34. The molecule has 12 heteroatoms. The number of pyridine rings is 1. The summed E-state index contributed by atoms with van der Waals surface area (Å²) >= 11 is 0. The summed E-state index contributed by atoms with van der Waals surface area (Å²) in [6.07, 6.45) is 0.760. The Morgan fingerprint density at radius 1 is 0.537 bits per heavy atom. The summed E-state index contributed by atoms with van der Waals surface area (Å²) in [5, 5.41) is 23.5. The molecule has 286 valence electrons. The Labute approximate surface area is 317 Å². The Morgan fingerprint density at radius 2 is 0.889 bits per heavy atom. The van der Waals surface area contributed by atoms with Gasteiger partial charge in [-0.2, -0.15) is 0 Å². The molecule has 0 aliphatic carbocycles. The number of benzene rings is 3. The van der Waals surface area contributed by atoms with E-state index >= 15 is 0 Å². The molecule has 0 bridgehead atoms. The number of alkyl carbamates (subject to hydrolysis) is 2. The predicted molar refractivity (Wildman–Crippen MR) is 205 cm³/mol. The molecule has 3 aromatic carbocycles. The quantitative estimate of drug-likeness (QED) is 0.0941. The first-order valence-corrected chi connectivity index (χ1v) is 18.2. The van der Waals surface area contributed by atoms with Crippen molar-refractivity contribution < 1.29 is 33.8 Å². The number of hydrogen-bond donors (Lipinski definition) is 5. The fraction of sp³-hybridized carbons (Fsp3) is 0.357. The second-order valence-corrected chi connectivity index (χ2v) is 13.8. The topological polar surface area (TPSA) is 168 Å². The fourth-order valence-electron chi connectivity index (χ4n) is 5.83. The van der Waals surface area contributed by atoms with Gasteiger partial charge < -0.3 is 35.8 Å². The van der Waals surface area contributed by atoms with Gasteiger partial charge in [-0.05, 0) is 59.1 Å². The van der Waals surface area contributed by atoms with Crippen molar-refractivity contribution in [3.8, 4) is 0 Å². The van der Waals surface area contributed by atoms with Crippen LogP contribution >= 0.6 is 0 Å². The number of rotatable bonds is 18. The van der Waals surface area contributed by atoms with Crippen LogP contribution in [-0.2, 0) is 45.1 Å². The largest absolute Gasteiger partial charge is 0.445 e. The Hall–Kier alpha value is -5.75. The maximum Gasteiger partial charge on any atom is 0.408 e. The zero-order valence-electron chi connectivity index (χ0n) is 31.2. The molecule has 0 spiro atoms. The number of carbonyl (C=O) groups excluding carboxylic acids is 4. The summed E-state index contributed by atoms with van der Waals surface area (Å²) < 4.78 is 10.8. The molecule has 12 nitrogen and oxygen atoms in total. The summed E-state index contributed by atoms with van der Waals surface area (Å²) in [7, 11) is 0. The molecule has 5 N–H and O–H groups in total. The summed E-state index contributed by atoms with van der Waals surface area (Å²) in [5.41, 5.74) is 3.21. The molecule has 54 heavy (non-hydrogen) atoms. The summed E-state index contributed by atoms with van der Waals surface area (Å²) in [5.74, 6) is -1.73. The molecule has 4 amide bonds. The normalized spacial score (nSPS) is 13.8. The van der Waals surface area contributed by atoms with Gasteiger partial charge in [-0.25, -0.2) is 9.59 Å². The van der Waals surface area contributed by atoms with Crippen LogP contribution in [-0.4, -0.2) is 64.4 Å². The van der Waals surface area contributed by atoms with Crippen molar-refractivity contribution in [2.75, 3.05) is 0 Å². The van der Waals surface area contributed by atoms with Crippen molar-refractivity contribution in [3.05, 3.63) is 138 Å². The SMILES string of the molecule is CC(C)[C@H](NC(=O)OCc1ccccc1)C(=O)N[C@@H](Cc1ccccc1)[C@H](O)[C@H](Cc1ccccc1)NC(=O)[C@@H](NC(=O)OCc1ccncc1)C(C)C. The third kappa shape index (κ3) is 13.3. The van der Waals surface area contributed by atoms with E-state index in [9.17, 15) is 24.3 Å². The van der Waals surface area contributed by atoms with Crippen molar-refractivity contribution in [1.29, 1.82) is 0 Å². The molecule has 0 aliphatic heterocycles. The third-order valence-corrected chi connectivity index (χ3v) is 8.85. The smallest absolute Gasteiger partial charge is 0.408 e. The van der Waals surface area contributed by atoms with E-state index in [-0.39, 0.29) is 37.9 Å². The van der Waals surface area contributed by atoms with Gasteiger partial charge in [-0.1, -0.05) is 119 Å². The highest BCUT2D eigenvalue weighted by molar-refractivity contribution is 5.87. The highest BCUT2D eigenvalue weighted by Crippen LogP contribution is 2.16. The Kier molecular flexibility index (Phi) is 16.0. The first-order chi connectivity index (χ1) is 26.0. The Bertz CT molecular complexity index is 1620. The van der Waals surface area contributed by atoms with Gasteiger partial charge in [-0.3, -0.25) is 14.6 Å². The van der Waals surface area contributed by atoms with E-state index in [4.69, 9.17) is 9.47 Å². The molecule has 4 aromatic rings. The number of aromatic nitrogens is 1. The Balaban J connectivity index is 1.54. The second-order valence-electron chi connectivity index (χ2n) is 13.8. The first kappa shape index (κ1) is 41.0. The van der Waals surface area contributed by atoms with Crippen molar-refractivity contribution in [1.82, 2.24) is 26.3 Å². The molecule has 1 heterocycles. The lowest BCUT2D eigenvalue weighted by Crippen LogP contribution is -2.61. The van der Waals surface area contributed by atoms with Gasteiger partial charge in [0.15, 0.2) is 0 Å². The van der Waals surface area contributed by atoms with Crippen LogP contribution in [0.3, 0.4) is 0 Å². The number of amides is 4. The predicted octanol–water partition coefficient (Wildman–Crippen LogP) is 5.10. The number of ether oxygens (including phenoxy) is 2. The fourth-order valence-corrected chi connectivity index (χ4v) is 5.83. The summed E-state index contributed by atoms with van der Waals surface area (Å²) in [6, 6.07) is 27.5. The van der Waals surface area contributed by atoms with Crippen molar-refractivity contribution in [3.63, 3.8) is 0 Å². The standard InChI is InChI=1S/C42H51N5O7/c1-28(2)36(46-41(51)53-26-32-18-12-7-13-19-32)39(49)44-34(24-30-14-8-5-9-15-30)38(48)35(25-31-16-10-6-11-17-31)45-40(50)37(29(3)4)47-42(52)54-27-33-20-22-43-23-21-33/h5-23,28-29,34-38,48H,24-27H2,1-4H3,(H,44,49)(H,45,50)(H,46,51)(H,47,52)/t34-,35-,36-,37-,38-/m0/s1. The van der Waals surface area contributed by atoms with Gasteiger partial charge >= 0.3 is 12.2 Å². The molecular formula is C42H51N5O7. The molecular weight excluding hydrogens is 686 g/mol. The monoisotopic (exact) mass is 737 g/mol. The molecule has 0 saturated heterocycles. The Morgan fingerprint density at radius 3 is 1.26 bits per heavy atom. The summed E-state index contributed by atoms with van der Waals surface area (Å²) in [6.45, 7) is 7.20. The average Bonchev–Trinajstić information content (AvgIpc) is 3.17. The van der Waals surface area contributed by atoms with E-state index in [0.717, 1.165) is 22.3 Å². The molecule has 0 radical (unpaired) electrons. The van der Waals surface area contributed by atoms with Crippen LogP contribution in [0.1, 0.15) is 49.9 Å². The first-order valence-electron chi connectivity index (χ1n) is 18.2. The summed E-state index contributed by atoms with van der Waals surface area (Å²) in [4.78, 5) is 57.5. The molecule has 5 atom stereocenters. The minimum absolute atomic E-state index is 0.00598. The number of hydrogen-bond acceptors (Lipinski definition) is 8. The lowest BCUT2D eigenvalue weighted by atomic mass is 9.91. The van der Waals surface area contributed by atoms with Crippen LogP contribution in [0.15, 0.2) is 116 Å². The minimum Gasteiger partial charge on any atom is -0.445 e. The molecule has 0 saturated carbocycles. The highest BCUT2D eigenvalue weighted by Gasteiger charge is 2.35.